The molecule has 0 spiro atoms. The van der Waals surface area contributed by atoms with Gasteiger partial charge in [0.15, 0.2) is 17.5 Å². The molecule has 5 aromatic carbocycles. The van der Waals surface area contributed by atoms with Crippen LogP contribution in [0.15, 0.2) is 121 Å². The molecule has 2 bridgehead atoms. The lowest BCUT2D eigenvalue weighted by Gasteiger charge is -2.50. The van der Waals surface area contributed by atoms with E-state index in [0.717, 1.165) is 51.2 Å². The molecule has 5 nitrogen and oxygen atoms in total. The molecule has 2 aliphatic rings. The van der Waals surface area contributed by atoms with E-state index in [1.807, 2.05) is 72.8 Å². The Morgan fingerprint density at radius 2 is 1.20 bits per heavy atom. The Morgan fingerprint density at radius 1 is 0.600 bits per heavy atom. The Kier molecular flexibility index (Phi) is 7.35. The van der Waals surface area contributed by atoms with Crippen LogP contribution in [0.4, 0.5) is 0 Å². The van der Waals surface area contributed by atoms with Crippen molar-refractivity contribution in [3.05, 3.63) is 132 Å². The summed E-state index contributed by atoms with van der Waals surface area (Å²) in [7, 11) is 0. The highest BCUT2D eigenvalue weighted by Gasteiger charge is 2.45. The molecular formula is C45H39N5. The van der Waals surface area contributed by atoms with Crippen molar-refractivity contribution in [3.63, 3.8) is 0 Å². The summed E-state index contributed by atoms with van der Waals surface area (Å²) < 4.78 is 2.34. The summed E-state index contributed by atoms with van der Waals surface area (Å²) >= 11 is 0. The molecule has 0 amide bonds. The number of hydrogen-bond acceptors (Lipinski definition) is 4. The molecule has 2 aliphatic carbocycles. The molecule has 5 heteroatoms. The fourth-order valence-electron chi connectivity index (χ4n) is 9.45. The van der Waals surface area contributed by atoms with Crippen molar-refractivity contribution in [3.8, 4) is 45.9 Å². The van der Waals surface area contributed by atoms with Crippen molar-refractivity contribution >= 4 is 21.8 Å². The second kappa shape index (κ2) is 12.1. The standard InChI is InChI=1S/C45H39N5/c1-29-21-32-22-30(2)26-45(25-29,27-32)36-16-20-40-39(24-36)38-19-15-35(23-41(38)50(40)37-17-13-31(28-46)14-18-37)44-48-42(33-9-5-3-6-10-33)47-43(49-44)34-11-7-4-8-12-34/h3-20,23-24,29-30,32H,21-22,25-27H2,1-2H3/t29-,30+,32?,45?. The van der Waals surface area contributed by atoms with E-state index < -0.39 is 0 Å². The van der Waals surface area contributed by atoms with Gasteiger partial charge in [0.05, 0.1) is 22.7 Å². The van der Waals surface area contributed by atoms with E-state index in [4.69, 9.17) is 15.0 Å². The first-order chi connectivity index (χ1) is 24.5. The SMILES string of the molecule is C[C@@H]1CC2C[C@H](C)CC(c3ccc4c(c3)c3ccc(-c5nc(-c6ccccc6)nc(-c6ccccc6)n5)cc3n4-c3ccc(C#N)cc3)(C2)C1. The summed E-state index contributed by atoms with van der Waals surface area (Å²) in [4.78, 5) is 15.0. The minimum atomic E-state index is 0.240. The minimum Gasteiger partial charge on any atom is -0.309 e. The second-order valence-corrected chi connectivity index (χ2v) is 14.9. The van der Waals surface area contributed by atoms with Gasteiger partial charge in [-0.3, -0.25) is 0 Å². The number of nitriles is 1. The predicted octanol–water partition coefficient (Wildman–Crippen LogP) is 10.9. The van der Waals surface area contributed by atoms with Gasteiger partial charge in [-0.25, -0.2) is 15.0 Å². The number of hydrogen-bond donors (Lipinski definition) is 0. The summed E-state index contributed by atoms with van der Waals surface area (Å²) in [6.07, 6.45) is 6.57. The van der Waals surface area contributed by atoms with Crippen LogP contribution in [0.5, 0.6) is 0 Å². The van der Waals surface area contributed by atoms with E-state index in [2.05, 4.69) is 73.0 Å². The lowest BCUT2D eigenvalue weighted by Crippen LogP contribution is -2.42. The number of benzene rings is 5. The highest BCUT2D eigenvalue weighted by atomic mass is 15.0. The van der Waals surface area contributed by atoms with E-state index >= 15 is 0 Å². The molecule has 2 saturated carbocycles. The van der Waals surface area contributed by atoms with Crippen molar-refractivity contribution in [1.29, 1.82) is 5.26 Å². The summed E-state index contributed by atoms with van der Waals surface area (Å²) in [5.41, 5.74) is 8.48. The van der Waals surface area contributed by atoms with Gasteiger partial charge in [0.25, 0.3) is 0 Å². The monoisotopic (exact) mass is 649 g/mol. The molecule has 0 N–H and O–H groups in total. The van der Waals surface area contributed by atoms with Crippen LogP contribution in [0.1, 0.15) is 57.1 Å². The number of aromatic nitrogens is 4. The van der Waals surface area contributed by atoms with Gasteiger partial charge in [0, 0.05) is 33.2 Å². The molecule has 7 aromatic rings. The van der Waals surface area contributed by atoms with Crippen molar-refractivity contribution in [2.45, 2.75) is 51.4 Å². The van der Waals surface area contributed by atoms with Gasteiger partial charge in [-0.15, -0.1) is 0 Å². The zero-order valence-corrected chi connectivity index (χ0v) is 28.6. The summed E-state index contributed by atoms with van der Waals surface area (Å²) in [6.45, 7) is 4.92. The molecule has 9 rings (SSSR count). The van der Waals surface area contributed by atoms with Gasteiger partial charge in [0.2, 0.25) is 0 Å². The van der Waals surface area contributed by atoms with Crippen LogP contribution >= 0.6 is 0 Å². The van der Waals surface area contributed by atoms with E-state index in [0.29, 0.717) is 23.0 Å². The summed E-state index contributed by atoms with van der Waals surface area (Å²) in [5.74, 6) is 4.25. The van der Waals surface area contributed by atoms with Crippen LogP contribution in [0.25, 0.3) is 61.7 Å². The minimum absolute atomic E-state index is 0.240. The first-order valence-corrected chi connectivity index (χ1v) is 17.9. The smallest absolute Gasteiger partial charge is 0.164 e. The van der Waals surface area contributed by atoms with E-state index in [1.54, 1.807) is 0 Å². The summed E-state index contributed by atoms with van der Waals surface area (Å²) in [6, 6.07) is 44.3. The second-order valence-electron chi connectivity index (χ2n) is 14.9. The predicted molar refractivity (Wildman–Crippen MR) is 202 cm³/mol. The maximum atomic E-state index is 9.56. The van der Waals surface area contributed by atoms with Crippen LogP contribution in [0, 0.1) is 29.1 Å². The van der Waals surface area contributed by atoms with Crippen molar-refractivity contribution in [1.82, 2.24) is 19.5 Å². The third kappa shape index (κ3) is 5.27. The molecular weight excluding hydrogens is 611 g/mol. The largest absolute Gasteiger partial charge is 0.309 e. The first kappa shape index (κ1) is 30.5. The number of rotatable bonds is 5. The van der Waals surface area contributed by atoms with Crippen molar-refractivity contribution in [2.24, 2.45) is 17.8 Å². The van der Waals surface area contributed by atoms with E-state index in [-0.39, 0.29) is 5.41 Å². The lowest BCUT2D eigenvalue weighted by atomic mass is 9.54. The highest BCUT2D eigenvalue weighted by Crippen LogP contribution is 2.54. The Balaban J connectivity index is 1.25. The highest BCUT2D eigenvalue weighted by molar-refractivity contribution is 6.10. The van der Waals surface area contributed by atoms with Crippen LogP contribution in [-0.2, 0) is 5.41 Å². The zero-order chi connectivity index (χ0) is 33.8. The molecule has 244 valence electrons. The molecule has 0 aliphatic heterocycles. The zero-order valence-electron chi connectivity index (χ0n) is 28.6. The molecule has 50 heavy (non-hydrogen) atoms. The fourth-order valence-corrected chi connectivity index (χ4v) is 9.45. The van der Waals surface area contributed by atoms with Gasteiger partial charge in [-0.05, 0) is 103 Å². The van der Waals surface area contributed by atoms with Crippen LogP contribution in [-0.4, -0.2) is 19.5 Å². The number of nitrogens with zero attached hydrogens (tertiary/aromatic N) is 5. The average molecular weight is 650 g/mol. The molecule has 4 atom stereocenters. The van der Waals surface area contributed by atoms with Crippen LogP contribution in [0.2, 0.25) is 0 Å². The average Bonchev–Trinajstić information content (AvgIpc) is 3.48. The molecule has 0 radical (unpaired) electrons. The molecule has 2 fully saturated rings. The van der Waals surface area contributed by atoms with Gasteiger partial charge in [0.1, 0.15) is 0 Å². The van der Waals surface area contributed by atoms with Gasteiger partial charge in [-0.1, -0.05) is 92.7 Å². The maximum absolute atomic E-state index is 9.56. The number of fused-ring (bicyclic) bond motifs is 5. The molecule has 0 saturated heterocycles. The van der Waals surface area contributed by atoms with Gasteiger partial charge >= 0.3 is 0 Å². The third-order valence-corrected chi connectivity index (χ3v) is 11.2. The van der Waals surface area contributed by atoms with E-state index in [9.17, 15) is 5.26 Å². The Morgan fingerprint density at radius 3 is 1.80 bits per heavy atom. The van der Waals surface area contributed by atoms with Crippen molar-refractivity contribution < 1.29 is 0 Å². The van der Waals surface area contributed by atoms with Crippen LogP contribution < -0.4 is 0 Å². The maximum Gasteiger partial charge on any atom is 0.164 e. The quantitative estimate of drug-likeness (QED) is 0.186. The topological polar surface area (TPSA) is 67.4 Å². The first-order valence-electron chi connectivity index (χ1n) is 17.9. The summed E-state index contributed by atoms with van der Waals surface area (Å²) in [5, 5.41) is 12.0. The normalized spacial score (nSPS) is 21.7. The Bertz CT molecular complexity index is 2330. The van der Waals surface area contributed by atoms with E-state index in [1.165, 1.54) is 48.4 Å². The van der Waals surface area contributed by atoms with Crippen LogP contribution in [0.3, 0.4) is 0 Å². The van der Waals surface area contributed by atoms with Gasteiger partial charge in [-0.2, -0.15) is 5.26 Å². The fraction of sp³-hybridized carbons (Fsp3) is 0.244. The lowest BCUT2D eigenvalue weighted by molar-refractivity contribution is 0.0781. The van der Waals surface area contributed by atoms with Crippen molar-refractivity contribution in [2.75, 3.05) is 0 Å². The third-order valence-electron chi connectivity index (χ3n) is 11.2. The Labute approximate surface area is 293 Å². The molecule has 2 aromatic heterocycles. The molecule has 2 heterocycles. The van der Waals surface area contributed by atoms with Gasteiger partial charge < -0.3 is 4.57 Å². The Hall–Kier alpha value is -5.60. The molecule has 2 unspecified atom stereocenters.